The number of halogens is 2. The molecule has 0 spiro atoms. The average molecular weight is 369 g/mol. The molecule has 5 nitrogen and oxygen atoms in total. The summed E-state index contributed by atoms with van der Waals surface area (Å²) < 4.78 is 37.5. The molecule has 26 heavy (non-hydrogen) atoms. The first kappa shape index (κ1) is 20.1. The Hall–Kier alpha value is -2.18. The highest BCUT2D eigenvalue weighted by Gasteiger charge is 2.44. The van der Waals surface area contributed by atoms with Crippen LogP contribution in [0.4, 0.5) is 13.6 Å². The number of carbonyl (C=O) groups excluding carboxylic acids is 2. The van der Waals surface area contributed by atoms with E-state index in [1.165, 1.54) is 24.1 Å². The maximum absolute atomic E-state index is 14.1. The lowest BCUT2D eigenvalue weighted by Crippen LogP contribution is -2.49. The molecule has 1 saturated heterocycles. The number of methoxy groups -OCH3 is 1. The average Bonchev–Trinajstić information content (AvgIpc) is 2.55. The molecule has 7 heteroatoms. The quantitative estimate of drug-likeness (QED) is 0.763. The Bertz CT molecular complexity index is 677. The van der Waals surface area contributed by atoms with Gasteiger partial charge in [0.1, 0.15) is 17.2 Å². The fourth-order valence-electron chi connectivity index (χ4n) is 3.14. The van der Waals surface area contributed by atoms with Crippen molar-refractivity contribution in [2.45, 2.75) is 45.6 Å². The van der Waals surface area contributed by atoms with Crippen LogP contribution < -0.4 is 0 Å². The first-order chi connectivity index (χ1) is 12.1. The van der Waals surface area contributed by atoms with E-state index in [1.807, 2.05) is 0 Å². The Kier molecular flexibility index (Phi) is 5.88. The number of esters is 1. The van der Waals surface area contributed by atoms with Crippen molar-refractivity contribution in [3.8, 4) is 0 Å². The molecule has 0 aromatic heterocycles. The number of rotatable bonds is 3. The number of benzene rings is 1. The highest BCUT2D eigenvalue weighted by atomic mass is 19.1. The van der Waals surface area contributed by atoms with E-state index in [9.17, 15) is 18.4 Å². The number of likely N-dealkylation sites (tertiary alicyclic amines) is 1. The summed E-state index contributed by atoms with van der Waals surface area (Å²) in [6.45, 7) is 5.94. The van der Waals surface area contributed by atoms with Crippen LogP contribution in [0.2, 0.25) is 0 Å². The van der Waals surface area contributed by atoms with Gasteiger partial charge in [-0.1, -0.05) is 6.07 Å². The van der Waals surface area contributed by atoms with E-state index in [0.717, 1.165) is 6.07 Å². The van der Waals surface area contributed by atoms with E-state index in [-0.39, 0.29) is 12.0 Å². The first-order valence-electron chi connectivity index (χ1n) is 8.57. The summed E-state index contributed by atoms with van der Waals surface area (Å²) in [5, 5.41) is 0. The fraction of sp³-hybridized carbons (Fsp3) is 0.579. The van der Waals surface area contributed by atoms with Gasteiger partial charge in [0, 0.05) is 19.2 Å². The van der Waals surface area contributed by atoms with E-state index in [2.05, 4.69) is 0 Å². The summed E-state index contributed by atoms with van der Waals surface area (Å²) in [6, 6.07) is 3.31. The maximum atomic E-state index is 14.1. The van der Waals surface area contributed by atoms with Crippen LogP contribution in [0, 0.1) is 17.0 Å². The van der Waals surface area contributed by atoms with Crippen LogP contribution in [0.5, 0.6) is 0 Å². The van der Waals surface area contributed by atoms with Crippen molar-refractivity contribution < 1.29 is 27.8 Å². The van der Waals surface area contributed by atoms with Gasteiger partial charge in [-0.2, -0.15) is 0 Å². The monoisotopic (exact) mass is 369 g/mol. The topological polar surface area (TPSA) is 55.8 Å². The standard InChI is InChI=1S/C19H25F2NO4/c1-18(2,3)26-17(24)22-9-7-19(8-10-22,16(23)25-4)12-13-5-6-14(20)11-15(13)21/h5-6,11H,7-10,12H2,1-4H3. The van der Waals surface area contributed by atoms with Gasteiger partial charge in [-0.15, -0.1) is 0 Å². The summed E-state index contributed by atoms with van der Waals surface area (Å²) in [7, 11) is 1.28. The van der Waals surface area contributed by atoms with Crippen molar-refractivity contribution >= 4 is 12.1 Å². The van der Waals surface area contributed by atoms with Gasteiger partial charge in [0.25, 0.3) is 0 Å². The Morgan fingerprint density at radius 1 is 1.19 bits per heavy atom. The van der Waals surface area contributed by atoms with E-state index in [4.69, 9.17) is 9.47 Å². The number of piperidine rings is 1. The highest BCUT2D eigenvalue weighted by Crippen LogP contribution is 2.37. The van der Waals surface area contributed by atoms with E-state index in [1.54, 1.807) is 20.8 Å². The Balaban J connectivity index is 2.15. The van der Waals surface area contributed by atoms with Gasteiger partial charge in [-0.3, -0.25) is 4.79 Å². The lowest BCUT2D eigenvalue weighted by molar-refractivity contribution is -0.156. The van der Waals surface area contributed by atoms with E-state index in [0.29, 0.717) is 25.9 Å². The summed E-state index contributed by atoms with van der Waals surface area (Å²) in [5.41, 5.74) is -1.31. The fourth-order valence-corrected chi connectivity index (χ4v) is 3.14. The van der Waals surface area contributed by atoms with Crippen LogP contribution in [0.1, 0.15) is 39.2 Å². The van der Waals surface area contributed by atoms with E-state index < -0.39 is 34.7 Å². The zero-order chi connectivity index (χ0) is 19.5. The third-order valence-electron chi connectivity index (χ3n) is 4.53. The smallest absolute Gasteiger partial charge is 0.410 e. The Morgan fingerprint density at radius 2 is 1.81 bits per heavy atom. The number of amides is 1. The zero-order valence-corrected chi connectivity index (χ0v) is 15.6. The van der Waals surface area contributed by atoms with Crippen molar-refractivity contribution in [1.29, 1.82) is 0 Å². The van der Waals surface area contributed by atoms with Crippen molar-refractivity contribution in [2.24, 2.45) is 5.41 Å². The van der Waals surface area contributed by atoms with Gasteiger partial charge >= 0.3 is 12.1 Å². The minimum atomic E-state index is -0.952. The predicted molar refractivity (Wildman–Crippen MR) is 91.6 cm³/mol. The van der Waals surface area contributed by atoms with Gasteiger partial charge in [0.15, 0.2) is 0 Å². The molecule has 0 atom stereocenters. The summed E-state index contributed by atoms with van der Waals surface area (Å²) in [4.78, 5) is 26.2. The second-order valence-corrected chi connectivity index (χ2v) is 7.65. The second kappa shape index (κ2) is 7.60. The van der Waals surface area contributed by atoms with Crippen LogP contribution in [0.15, 0.2) is 18.2 Å². The summed E-state index contributed by atoms with van der Waals surface area (Å²) in [6.07, 6.45) is 0.281. The zero-order valence-electron chi connectivity index (χ0n) is 15.6. The molecule has 0 unspecified atom stereocenters. The number of ether oxygens (including phenoxy) is 2. The molecule has 0 saturated carbocycles. The van der Waals surface area contributed by atoms with Crippen LogP contribution in [0.3, 0.4) is 0 Å². The van der Waals surface area contributed by atoms with E-state index >= 15 is 0 Å². The molecular formula is C19H25F2NO4. The van der Waals surface area contributed by atoms with Crippen molar-refractivity contribution in [3.05, 3.63) is 35.4 Å². The van der Waals surface area contributed by atoms with Crippen LogP contribution >= 0.6 is 0 Å². The molecule has 1 aromatic carbocycles. The molecule has 0 bridgehead atoms. The lowest BCUT2D eigenvalue weighted by atomic mass is 9.73. The molecule has 1 aliphatic rings. The molecule has 1 heterocycles. The van der Waals surface area contributed by atoms with Gasteiger partial charge in [0.05, 0.1) is 12.5 Å². The number of hydrogen-bond acceptors (Lipinski definition) is 4. The molecule has 1 aromatic rings. The second-order valence-electron chi connectivity index (χ2n) is 7.65. The van der Waals surface area contributed by atoms with Crippen LogP contribution in [-0.4, -0.2) is 42.8 Å². The normalized spacial score (nSPS) is 16.9. The molecule has 2 rings (SSSR count). The third-order valence-corrected chi connectivity index (χ3v) is 4.53. The number of carbonyl (C=O) groups is 2. The largest absolute Gasteiger partial charge is 0.469 e. The molecule has 1 amide bonds. The SMILES string of the molecule is COC(=O)C1(Cc2ccc(F)cc2F)CCN(C(=O)OC(C)(C)C)CC1. The third kappa shape index (κ3) is 4.71. The molecule has 144 valence electrons. The van der Waals surface area contributed by atoms with Crippen molar-refractivity contribution in [3.63, 3.8) is 0 Å². The number of nitrogens with zero attached hydrogens (tertiary/aromatic N) is 1. The van der Waals surface area contributed by atoms with Gasteiger partial charge in [0.2, 0.25) is 0 Å². The van der Waals surface area contributed by atoms with Gasteiger partial charge in [-0.25, -0.2) is 13.6 Å². The first-order valence-corrected chi connectivity index (χ1v) is 8.57. The summed E-state index contributed by atoms with van der Waals surface area (Å²) in [5.74, 6) is -1.81. The molecule has 1 fully saturated rings. The molecule has 0 N–H and O–H groups in total. The van der Waals surface area contributed by atoms with Crippen molar-refractivity contribution in [1.82, 2.24) is 4.90 Å². The molecular weight excluding hydrogens is 344 g/mol. The summed E-state index contributed by atoms with van der Waals surface area (Å²) >= 11 is 0. The predicted octanol–water partition coefficient (Wildman–Crippen LogP) is 3.70. The van der Waals surface area contributed by atoms with Crippen LogP contribution in [-0.2, 0) is 20.7 Å². The Morgan fingerprint density at radius 3 is 2.31 bits per heavy atom. The minimum absolute atomic E-state index is 0.0912. The lowest BCUT2D eigenvalue weighted by Gasteiger charge is -2.40. The maximum Gasteiger partial charge on any atom is 0.410 e. The van der Waals surface area contributed by atoms with Gasteiger partial charge in [-0.05, 0) is 51.7 Å². The van der Waals surface area contributed by atoms with Crippen LogP contribution in [0.25, 0.3) is 0 Å². The van der Waals surface area contributed by atoms with Crippen molar-refractivity contribution in [2.75, 3.05) is 20.2 Å². The highest BCUT2D eigenvalue weighted by molar-refractivity contribution is 5.78. The molecule has 1 aliphatic heterocycles. The van der Waals surface area contributed by atoms with Gasteiger partial charge < -0.3 is 14.4 Å². The Labute approximate surface area is 152 Å². The number of hydrogen-bond donors (Lipinski definition) is 0. The molecule has 0 radical (unpaired) electrons. The molecule has 0 aliphatic carbocycles. The minimum Gasteiger partial charge on any atom is -0.469 e.